The van der Waals surface area contributed by atoms with E-state index in [1.54, 1.807) is 25.3 Å². The zero-order chi connectivity index (χ0) is 23.5. The molecule has 34 heavy (non-hydrogen) atoms. The lowest BCUT2D eigenvalue weighted by Crippen LogP contribution is -2.28. The van der Waals surface area contributed by atoms with Crippen LogP contribution < -0.4 is 19.1 Å². The summed E-state index contributed by atoms with van der Waals surface area (Å²) in [6, 6.07) is 19.0. The molecule has 0 bridgehead atoms. The maximum atomic E-state index is 13.5. The third kappa shape index (κ3) is 4.63. The van der Waals surface area contributed by atoms with Crippen LogP contribution in [0.15, 0.2) is 76.6 Å². The molecule has 2 aliphatic heterocycles. The van der Waals surface area contributed by atoms with Gasteiger partial charge in [-0.2, -0.15) is 0 Å². The molecule has 3 aromatic carbocycles. The fraction of sp³-hybridized carbons (Fsp3) is 0.154. The fourth-order valence-corrected chi connectivity index (χ4v) is 4.57. The number of amides is 1. The molecule has 1 saturated heterocycles. The Kier molecular flexibility index (Phi) is 6.22. The minimum Gasteiger partial charge on any atom is -0.497 e. The van der Waals surface area contributed by atoms with Gasteiger partial charge in [-0.3, -0.25) is 14.7 Å². The van der Waals surface area contributed by atoms with Crippen LogP contribution in [0, 0.1) is 5.82 Å². The number of aliphatic imine (C=N–C) groups is 1. The zero-order valence-electron chi connectivity index (χ0n) is 18.4. The van der Waals surface area contributed by atoms with Gasteiger partial charge < -0.3 is 14.2 Å². The van der Waals surface area contributed by atoms with Gasteiger partial charge >= 0.3 is 0 Å². The predicted molar refractivity (Wildman–Crippen MR) is 131 cm³/mol. The van der Waals surface area contributed by atoms with Crippen molar-refractivity contribution < 1.29 is 23.4 Å². The number of thioether (sulfide) groups is 1. The lowest BCUT2D eigenvalue weighted by atomic mass is 10.1. The molecule has 0 spiro atoms. The largest absolute Gasteiger partial charge is 0.497 e. The van der Waals surface area contributed by atoms with Crippen molar-refractivity contribution in [1.82, 2.24) is 0 Å². The lowest BCUT2D eigenvalue weighted by molar-refractivity contribution is -0.113. The smallest absolute Gasteiger partial charge is 0.271 e. The molecule has 2 aliphatic rings. The molecule has 0 atom stereocenters. The van der Waals surface area contributed by atoms with Crippen LogP contribution in [0.2, 0.25) is 0 Å². The quantitative estimate of drug-likeness (QED) is 0.469. The minimum atomic E-state index is -0.369. The summed E-state index contributed by atoms with van der Waals surface area (Å²) >= 11 is 1.28. The molecule has 0 aliphatic carbocycles. The first-order valence-electron chi connectivity index (χ1n) is 10.7. The van der Waals surface area contributed by atoms with Crippen LogP contribution in [0.3, 0.4) is 0 Å². The molecule has 172 valence electrons. The van der Waals surface area contributed by atoms with E-state index in [0.717, 1.165) is 16.9 Å². The van der Waals surface area contributed by atoms with Gasteiger partial charge in [0.05, 0.1) is 24.2 Å². The summed E-state index contributed by atoms with van der Waals surface area (Å²) < 4.78 is 30.0. The topological polar surface area (TPSA) is 60.4 Å². The van der Waals surface area contributed by atoms with Crippen LogP contribution in [-0.4, -0.2) is 31.4 Å². The summed E-state index contributed by atoms with van der Waals surface area (Å²) in [5, 5.41) is 0.524. The summed E-state index contributed by atoms with van der Waals surface area (Å²) in [6.07, 6.45) is 1.80. The van der Waals surface area contributed by atoms with E-state index in [4.69, 9.17) is 19.2 Å². The molecule has 0 aromatic heterocycles. The normalized spacial score (nSPS) is 17.5. The van der Waals surface area contributed by atoms with Crippen LogP contribution in [0.5, 0.6) is 17.2 Å². The van der Waals surface area contributed by atoms with Crippen molar-refractivity contribution in [1.29, 1.82) is 0 Å². The lowest BCUT2D eigenvalue weighted by Gasteiger charge is -2.18. The highest BCUT2D eigenvalue weighted by atomic mass is 32.2. The minimum absolute atomic E-state index is 0.222. The number of anilines is 1. The Hall–Kier alpha value is -3.78. The van der Waals surface area contributed by atoms with E-state index < -0.39 is 0 Å². The van der Waals surface area contributed by atoms with Gasteiger partial charge in [0.25, 0.3) is 5.91 Å². The monoisotopic (exact) mass is 476 g/mol. The number of methoxy groups -OCH3 is 1. The average molecular weight is 477 g/mol. The highest BCUT2D eigenvalue weighted by Gasteiger charge is 2.34. The van der Waals surface area contributed by atoms with Crippen LogP contribution in [0.4, 0.5) is 10.1 Å². The molecule has 0 N–H and O–H groups in total. The maximum Gasteiger partial charge on any atom is 0.271 e. The van der Waals surface area contributed by atoms with Gasteiger partial charge in [0.1, 0.15) is 24.8 Å². The van der Waals surface area contributed by atoms with Gasteiger partial charge in [-0.1, -0.05) is 18.2 Å². The highest BCUT2D eigenvalue weighted by Crippen LogP contribution is 2.38. The molecule has 8 heteroatoms. The van der Waals surface area contributed by atoms with Gasteiger partial charge in [-0.15, -0.1) is 0 Å². The summed E-state index contributed by atoms with van der Waals surface area (Å²) in [6.45, 7) is 1.39. The number of fused-ring (bicyclic) bond motifs is 1. The molecule has 6 nitrogen and oxygen atoms in total. The second kappa shape index (κ2) is 9.61. The second-order valence-corrected chi connectivity index (χ2v) is 8.59. The van der Waals surface area contributed by atoms with E-state index in [9.17, 15) is 9.18 Å². The van der Waals surface area contributed by atoms with E-state index in [1.807, 2.05) is 42.5 Å². The number of amidine groups is 1. The fourth-order valence-electron chi connectivity index (χ4n) is 3.59. The van der Waals surface area contributed by atoms with Crippen molar-refractivity contribution in [3.63, 3.8) is 0 Å². The first kappa shape index (κ1) is 22.0. The van der Waals surface area contributed by atoms with Crippen LogP contribution in [-0.2, 0) is 11.3 Å². The summed E-state index contributed by atoms with van der Waals surface area (Å²) in [4.78, 5) is 20.1. The van der Waals surface area contributed by atoms with Crippen molar-refractivity contribution >= 4 is 34.6 Å². The molecule has 0 unspecified atom stereocenters. The second-order valence-electron chi connectivity index (χ2n) is 7.58. The third-order valence-corrected chi connectivity index (χ3v) is 6.32. The third-order valence-electron chi connectivity index (χ3n) is 5.31. The van der Waals surface area contributed by atoms with Gasteiger partial charge in [-0.05, 0) is 77.5 Å². The summed E-state index contributed by atoms with van der Waals surface area (Å²) in [5.41, 5.74) is 2.35. The molecule has 0 radical (unpaired) electrons. The standard InChI is InChI=1S/C26H21FN2O4S/c1-31-21-9-2-17(3-10-21)16-28-26-29(20-7-5-19(27)6-8-20)25(30)24(34-26)15-18-4-11-22-23(14-18)33-13-12-32-22/h2-11,14-15H,12-13,16H2,1H3/b24-15-,28-26-. The first-order valence-corrected chi connectivity index (χ1v) is 11.5. The van der Waals surface area contributed by atoms with Gasteiger partial charge in [0.15, 0.2) is 16.7 Å². The number of carbonyl (C=O) groups is 1. The van der Waals surface area contributed by atoms with E-state index >= 15 is 0 Å². The first-order chi connectivity index (χ1) is 16.6. The maximum absolute atomic E-state index is 13.5. The van der Waals surface area contributed by atoms with Gasteiger partial charge in [-0.25, -0.2) is 4.39 Å². The van der Waals surface area contributed by atoms with Crippen LogP contribution in [0.1, 0.15) is 11.1 Å². The molecule has 1 fully saturated rings. The Morgan fingerprint density at radius 1 is 1.03 bits per heavy atom. The number of carbonyl (C=O) groups excluding carboxylic acids is 1. The Labute approximate surface area is 200 Å². The van der Waals surface area contributed by atoms with Crippen LogP contribution >= 0.6 is 11.8 Å². The van der Waals surface area contributed by atoms with E-state index in [2.05, 4.69) is 0 Å². The number of ether oxygens (including phenoxy) is 3. The number of rotatable bonds is 5. The molecule has 2 heterocycles. The number of hydrogen-bond acceptors (Lipinski definition) is 6. The molecular weight excluding hydrogens is 455 g/mol. The Bertz CT molecular complexity index is 1270. The Balaban J connectivity index is 1.46. The van der Waals surface area contributed by atoms with Crippen molar-refractivity contribution in [2.45, 2.75) is 6.54 Å². The van der Waals surface area contributed by atoms with Crippen molar-refractivity contribution in [3.8, 4) is 17.2 Å². The number of benzene rings is 3. The van der Waals surface area contributed by atoms with E-state index in [1.165, 1.54) is 28.8 Å². The molecule has 3 aromatic rings. The number of halogens is 1. The molecular formula is C26H21FN2O4S. The predicted octanol–water partition coefficient (Wildman–Crippen LogP) is 5.28. The Morgan fingerprint density at radius 2 is 1.76 bits per heavy atom. The van der Waals surface area contributed by atoms with Crippen molar-refractivity contribution in [2.75, 3.05) is 25.2 Å². The summed E-state index contributed by atoms with van der Waals surface area (Å²) in [7, 11) is 1.62. The van der Waals surface area contributed by atoms with Gasteiger partial charge in [0.2, 0.25) is 0 Å². The van der Waals surface area contributed by atoms with Gasteiger partial charge in [0, 0.05) is 0 Å². The number of nitrogens with zero attached hydrogens (tertiary/aromatic N) is 2. The zero-order valence-corrected chi connectivity index (χ0v) is 19.2. The highest BCUT2D eigenvalue weighted by molar-refractivity contribution is 8.19. The summed E-state index contributed by atoms with van der Waals surface area (Å²) in [5.74, 6) is 1.51. The SMILES string of the molecule is COc1ccc(C/N=C2\S/C(=C\c3ccc4c(c3)OCCO4)C(=O)N2c2ccc(F)cc2)cc1. The van der Waals surface area contributed by atoms with E-state index in [-0.39, 0.29) is 11.7 Å². The number of hydrogen-bond donors (Lipinski definition) is 0. The molecule has 5 rings (SSSR count). The van der Waals surface area contributed by atoms with Crippen LogP contribution in [0.25, 0.3) is 6.08 Å². The average Bonchev–Trinajstić information content (AvgIpc) is 3.18. The molecule has 1 amide bonds. The molecule has 0 saturated carbocycles. The van der Waals surface area contributed by atoms with Crippen molar-refractivity contribution in [3.05, 3.63) is 88.6 Å². The Morgan fingerprint density at radius 3 is 2.50 bits per heavy atom. The van der Waals surface area contributed by atoms with E-state index in [0.29, 0.717) is 47.0 Å². The van der Waals surface area contributed by atoms with Crippen molar-refractivity contribution in [2.24, 2.45) is 4.99 Å².